The second kappa shape index (κ2) is 10.7. The quantitative estimate of drug-likeness (QED) is 0.483. The average molecular weight is 512 g/mol. The van der Waals surface area contributed by atoms with Gasteiger partial charge in [-0.15, -0.1) is 0 Å². The van der Waals surface area contributed by atoms with Gasteiger partial charge in [0.2, 0.25) is 10.0 Å². The molecule has 0 bridgehead atoms. The maximum atomic E-state index is 13.3. The lowest BCUT2D eigenvalue weighted by atomic mass is 9.99. The molecule has 192 valence electrons. The van der Waals surface area contributed by atoms with Crippen LogP contribution >= 0.6 is 0 Å². The van der Waals surface area contributed by atoms with Crippen LogP contribution in [0.25, 0.3) is 5.69 Å². The van der Waals surface area contributed by atoms with Crippen molar-refractivity contribution in [3.8, 4) is 5.69 Å². The van der Waals surface area contributed by atoms with Gasteiger partial charge in [0.15, 0.2) is 0 Å². The first-order valence-electron chi connectivity index (χ1n) is 12.5. The number of benzene rings is 2. The van der Waals surface area contributed by atoms with Crippen LogP contribution in [-0.2, 0) is 21.3 Å². The zero-order valence-electron chi connectivity index (χ0n) is 20.6. The first-order chi connectivity index (χ1) is 17.4. The molecule has 10 heteroatoms. The third-order valence-electron chi connectivity index (χ3n) is 7.14. The highest BCUT2D eigenvalue weighted by molar-refractivity contribution is 7.89. The summed E-state index contributed by atoms with van der Waals surface area (Å²) in [7, 11) is -3.60. The summed E-state index contributed by atoms with van der Waals surface area (Å²) in [5.41, 5.74) is 1.29. The van der Waals surface area contributed by atoms with Gasteiger partial charge in [0, 0.05) is 45.9 Å². The summed E-state index contributed by atoms with van der Waals surface area (Å²) in [5.74, 6) is 1.23. The van der Waals surface area contributed by atoms with E-state index in [0.29, 0.717) is 37.1 Å². The Morgan fingerprint density at radius 1 is 0.944 bits per heavy atom. The SMILES string of the molecule is Cc1nn(-c2ccc(S(=O)(=O)N3CCN(CC4CCOCC4)CC3)cc2)c(=O)n1Cc1ccccc1. The molecule has 0 N–H and O–H groups in total. The molecule has 3 heterocycles. The molecule has 0 radical (unpaired) electrons. The van der Waals surface area contributed by atoms with Gasteiger partial charge >= 0.3 is 5.69 Å². The van der Waals surface area contributed by atoms with Crippen molar-refractivity contribution in [2.45, 2.75) is 31.2 Å². The van der Waals surface area contributed by atoms with E-state index in [0.717, 1.165) is 51.3 Å². The Morgan fingerprint density at radius 2 is 1.61 bits per heavy atom. The Kier molecular flexibility index (Phi) is 7.38. The predicted octanol–water partition coefficient (Wildman–Crippen LogP) is 2.12. The fraction of sp³-hybridized carbons (Fsp3) is 0.462. The molecule has 0 amide bonds. The van der Waals surface area contributed by atoms with Crippen molar-refractivity contribution < 1.29 is 13.2 Å². The van der Waals surface area contributed by atoms with Crippen molar-refractivity contribution in [3.05, 3.63) is 76.5 Å². The van der Waals surface area contributed by atoms with Gasteiger partial charge in [0.25, 0.3) is 0 Å². The zero-order chi connectivity index (χ0) is 25.1. The monoisotopic (exact) mass is 511 g/mol. The minimum Gasteiger partial charge on any atom is -0.381 e. The fourth-order valence-corrected chi connectivity index (χ4v) is 6.39. The second-order valence-corrected chi connectivity index (χ2v) is 11.5. The number of sulfonamides is 1. The average Bonchev–Trinajstić information content (AvgIpc) is 3.19. The molecule has 0 unspecified atom stereocenters. The highest BCUT2D eigenvalue weighted by atomic mass is 32.2. The molecule has 2 fully saturated rings. The zero-order valence-corrected chi connectivity index (χ0v) is 21.4. The van der Waals surface area contributed by atoms with Gasteiger partial charge < -0.3 is 9.64 Å². The van der Waals surface area contributed by atoms with Crippen LogP contribution in [0.1, 0.15) is 24.2 Å². The van der Waals surface area contributed by atoms with E-state index in [2.05, 4.69) is 10.00 Å². The molecule has 2 aliphatic heterocycles. The van der Waals surface area contributed by atoms with Crippen LogP contribution in [-0.4, -0.2) is 77.9 Å². The van der Waals surface area contributed by atoms with Crippen LogP contribution < -0.4 is 5.69 Å². The van der Waals surface area contributed by atoms with Crippen molar-refractivity contribution in [3.63, 3.8) is 0 Å². The molecule has 2 aromatic carbocycles. The van der Waals surface area contributed by atoms with Gasteiger partial charge in [0.05, 0.1) is 17.1 Å². The molecular weight excluding hydrogens is 478 g/mol. The van der Waals surface area contributed by atoms with Gasteiger partial charge in [-0.3, -0.25) is 4.57 Å². The molecule has 36 heavy (non-hydrogen) atoms. The number of aromatic nitrogens is 3. The third-order valence-corrected chi connectivity index (χ3v) is 9.05. The molecule has 0 spiro atoms. The molecule has 2 aliphatic rings. The summed E-state index contributed by atoms with van der Waals surface area (Å²) >= 11 is 0. The van der Waals surface area contributed by atoms with E-state index in [1.54, 1.807) is 40.1 Å². The van der Waals surface area contributed by atoms with Gasteiger partial charge in [-0.05, 0) is 55.5 Å². The Morgan fingerprint density at radius 3 is 2.28 bits per heavy atom. The summed E-state index contributed by atoms with van der Waals surface area (Å²) in [6.07, 6.45) is 2.16. The summed E-state index contributed by atoms with van der Waals surface area (Å²) in [6, 6.07) is 16.2. The van der Waals surface area contributed by atoms with Gasteiger partial charge in [0.1, 0.15) is 5.82 Å². The van der Waals surface area contributed by atoms with E-state index >= 15 is 0 Å². The minimum atomic E-state index is -3.60. The topological polar surface area (TPSA) is 89.7 Å². The number of hydrogen-bond acceptors (Lipinski definition) is 6. The molecule has 5 rings (SSSR count). The molecule has 2 saturated heterocycles. The fourth-order valence-electron chi connectivity index (χ4n) is 4.97. The lowest BCUT2D eigenvalue weighted by Gasteiger charge is -2.36. The van der Waals surface area contributed by atoms with Crippen LogP contribution in [0.3, 0.4) is 0 Å². The van der Waals surface area contributed by atoms with Crippen LogP contribution in [0.15, 0.2) is 64.3 Å². The molecule has 3 aromatic rings. The maximum absolute atomic E-state index is 13.3. The predicted molar refractivity (Wildman–Crippen MR) is 137 cm³/mol. The smallest absolute Gasteiger partial charge is 0.351 e. The first kappa shape index (κ1) is 24.9. The summed E-state index contributed by atoms with van der Waals surface area (Å²) in [6.45, 7) is 7.33. The van der Waals surface area contributed by atoms with Gasteiger partial charge in [-0.2, -0.15) is 14.1 Å². The minimum absolute atomic E-state index is 0.234. The van der Waals surface area contributed by atoms with Crippen molar-refractivity contribution in [2.75, 3.05) is 45.9 Å². The van der Waals surface area contributed by atoms with Crippen molar-refractivity contribution in [2.24, 2.45) is 5.92 Å². The summed E-state index contributed by atoms with van der Waals surface area (Å²) in [4.78, 5) is 15.6. The van der Waals surface area contributed by atoms with Gasteiger partial charge in [-0.1, -0.05) is 30.3 Å². The Labute approximate surface area is 212 Å². The van der Waals surface area contributed by atoms with E-state index in [1.807, 2.05) is 30.3 Å². The standard InChI is InChI=1S/C26H33N5O4S/c1-21-27-31(26(32)30(21)20-22-5-3-2-4-6-22)24-7-9-25(10-8-24)36(33,34)29-15-13-28(14-16-29)19-23-11-17-35-18-12-23/h2-10,23H,11-20H2,1H3. The number of hydrogen-bond donors (Lipinski definition) is 0. The second-order valence-electron chi connectivity index (χ2n) is 9.57. The maximum Gasteiger partial charge on any atom is 0.351 e. The first-order valence-corrected chi connectivity index (χ1v) is 14.0. The van der Waals surface area contributed by atoms with Crippen molar-refractivity contribution >= 4 is 10.0 Å². The molecule has 0 atom stereocenters. The van der Waals surface area contributed by atoms with Crippen LogP contribution in [0.5, 0.6) is 0 Å². The molecule has 1 aromatic heterocycles. The van der Waals surface area contributed by atoms with E-state index < -0.39 is 10.0 Å². The van der Waals surface area contributed by atoms with E-state index in [9.17, 15) is 13.2 Å². The molecule has 0 aliphatic carbocycles. The van der Waals surface area contributed by atoms with Crippen molar-refractivity contribution in [1.82, 2.24) is 23.6 Å². The lowest BCUT2D eigenvalue weighted by Crippen LogP contribution is -2.50. The highest BCUT2D eigenvalue weighted by Crippen LogP contribution is 2.21. The molecular formula is C26H33N5O4S. The molecule has 9 nitrogen and oxygen atoms in total. The number of rotatable bonds is 7. The van der Waals surface area contributed by atoms with Crippen LogP contribution in [0.4, 0.5) is 0 Å². The van der Waals surface area contributed by atoms with Crippen LogP contribution in [0.2, 0.25) is 0 Å². The third kappa shape index (κ3) is 5.31. The van der Waals surface area contributed by atoms with Gasteiger partial charge in [-0.25, -0.2) is 13.2 Å². The Balaban J connectivity index is 1.25. The Hall–Kier alpha value is -2.79. The van der Waals surface area contributed by atoms with Crippen LogP contribution in [0, 0.1) is 12.8 Å². The van der Waals surface area contributed by atoms with E-state index in [4.69, 9.17) is 4.74 Å². The summed E-state index contributed by atoms with van der Waals surface area (Å²) in [5, 5.41) is 4.41. The number of piperazine rings is 1. The molecule has 0 saturated carbocycles. The summed E-state index contributed by atoms with van der Waals surface area (Å²) < 4.78 is 36.5. The normalized spacial score (nSPS) is 18.5. The van der Waals surface area contributed by atoms with E-state index in [1.165, 1.54) is 4.68 Å². The number of nitrogens with zero attached hydrogens (tertiary/aromatic N) is 5. The van der Waals surface area contributed by atoms with E-state index in [-0.39, 0.29) is 10.6 Å². The number of aryl methyl sites for hydroxylation is 1. The van der Waals surface area contributed by atoms with Crippen molar-refractivity contribution in [1.29, 1.82) is 0 Å². The lowest BCUT2D eigenvalue weighted by molar-refractivity contribution is 0.0477. The Bertz CT molecular complexity index is 1320. The number of ether oxygens (including phenoxy) is 1. The largest absolute Gasteiger partial charge is 0.381 e. The highest BCUT2D eigenvalue weighted by Gasteiger charge is 2.29.